The Bertz CT molecular complexity index is 1030. The van der Waals surface area contributed by atoms with E-state index < -0.39 is 24.5 Å². The van der Waals surface area contributed by atoms with Gasteiger partial charge in [0.1, 0.15) is 17.0 Å². The maximum Gasteiger partial charge on any atom is 0.344 e. The number of fused-ring (bicyclic) bond motifs is 1. The van der Waals surface area contributed by atoms with E-state index in [9.17, 15) is 19.2 Å². The van der Waals surface area contributed by atoms with Gasteiger partial charge < -0.3 is 19.5 Å². The molecule has 1 aliphatic rings. The van der Waals surface area contributed by atoms with E-state index >= 15 is 0 Å². The van der Waals surface area contributed by atoms with Crippen LogP contribution in [0.5, 0.6) is 5.75 Å². The first-order valence-electron chi connectivity index (χ1n) is 10.8. The zero-order valence-corrected chi connectivity index (χ0v) is 19.7. The summed E-state index contributed by atoms with van der Waals surface area (Å²) in [7, 11) is 0. The zero-order chi connectivity index (χ0) is 24.0. The summed E-state index contributed by atoms with van der Waals surface area (Å²) >= 11 is 1.37. The molecular weight excluding hydrogens is 446 g/mol. The summed E-state index contributed by atoms with van der Waals surface area (Å²) in [4.78, 5) is 48.8. The van der Waals surface area contributed by atoms with Gasteiger partial charge in [-0.1, -0.05) is 6.92 Å². The first-order valence-corrected chi connectivity index (χ1v) is 11.6. The molecule has 0 saturated heterocycles. The van der Waals surface area contributed by atoms with E-state index in [1.165, 1.54) is 11.3 Å². The summed E-state index contributed by atoms with van der Waals surface area (Å²) in [6.07, 6.45) is 2.99. The summed E-state index contributed by atoms with van der Waals surface area (Å²) in [5.41, 5.74) is 1.82. The highest BCUT2D eigenvalue weighted by Gasteiger charge is 2.29. The van der Waals surface area contributed by atoms with Gasteiger partial charge in [-0.15, -0.1) is 11.3 Å². The topological polar surface area (TPSA) is 108 Å². The predicted octanol–water partition coefficient (Wildman–Crippen LogP) is 3.81. The number of carbonyl (C=O) groups excluding carboxylic acids is 4. The molecule has 0 saturated carbocycles. The first-order chi connectivity index (χ1) is 15.8. The van der Waals surface area contributed by atoms with Crippen LogP contribution in [0.25, 0.3) is 0 Å². The van der Waals surface area contributed by atoms with Crippen LogP contribution >= 0.6 is 11.3 Å². The lowest BCUT2D eigenvalue weighted by Gasteiger charge is -2.18. The monoisotopic (exact) mass is 473 g/mol. The van der Waals surface area contributed by atoms with Gasteiger partial charge in [0.25, 0.3) is 5.91 Å². The van der Waals surface area contributed by atoms with Crippen LogP contribution in [0.3, 0.4) is 0 Å². The van der Waals surface area contributed by atoms with Crippen LogP contribution in [0, 0.1) is 5.92 Å². The highest BCUT2D eigenvalue weighted by atomic mass is 32.1. The lowest BCUT2D eigenvalue weighted by atomic mass is 9.88. The maximum atomic E-state index is 12.7. The Labute approximate surface area is 196 Å². The lowest BCUT2D eigenvalue weighted by Crippen LogP contribution is -2.24. The van der Waals surface area contributed by atoms with Gasteiger partial charge in [0, 0.05) is 10.4 Å². The quantitative estimate of drug-likeness (QED) is 0.436. The largest absolute Gasteiger partial charge is 0.482 e. The zero-order valence-electron chi connectivity index (χ0n) is 18.8. The molecule has 1 aromatic carbocycles. The average molecular weight is 474 g/mol. The van der Waals surface area contributed by atoms with Crippen molar-refractivity contribution in [2.75, 3.05) is 18.5 Å². The molecule has 1 N–H and O–H groups in total. The highest BCUT2D eigenvalue weighted by Crippen LogP contribution is 2.40. The molecule has 0 bridgehead atoms. The molecular formula is C24H27NO7S. The van der Waals surface area contributed by atoms with Crippen molar-refractivity contribution in [1.82, 2.24) is 0 Å². The van der Waals surface area contributed by atoms with Crippen molar-refractivity contribution in [1.29, 1.82) is 0 Å². The molecule has 0 fully saturated rings. The normalized spacial score (nSPS) is 14.8. The average Bonchev–Trinajstić information content (AvgIpc) is 3.12. The minimum atomic E-state index is -0.719. The number of carbonyl (C=O) groups is 4. The Morgan fingerprint density at radius 3 is 2.58 bits per heavy atom. The maximum absolute atomic E-state index is 12.7. The number of rotatable bonds is 9. The van der Waals surface area contributed by atoms with E-state index in [1.807, 2.05) is 0 Å². The van der Waals surface area contributed by atoms with Crippen molar-refractivity contribution >= 4 is 40.5 Å². The molecule has 176 valence electrons. The molecule has 33 heavy (non-hydrogen) atoms. The van der Waals surface area contributed by atoms with Crippen molar-refractivity contribution in [2.45, 2.75) is 46.1 Å². The van der Waals surface area contributed by atoms with Gasteiger partial charge in [0.15, 0.2) is 13.2 Å². The van der Waals surface area contributed by atoms with Gasteiger partial charge in [0.2, 0.25) is 0 Å². The molecule has 3 rings (SSSR count). The third-order valence-corrected chi connectivity index (χ3v) is 6.22. The van der Waals surface area contributed by atoms with E-state index in [4.69, 9.17) is 14.2 Å². The molecule has 0 radical (unpaired) electrons. The number of hydrogen-bond acceptors (Lipinski definition) is 8. The van der Waals surface area contributed by atoms with Crippen LogP contribution in [-0.4, -0.2) is 43.4 Å². The number of ether oxygens (including phenoxy) is 3. The Balaban J connectivity index is 1.58. The fourth-order valence-corrected chi connectivity index (χ4v) is 4.88. The highest BCUT2D eigenvalue weighted by molar-refractivity contribution is 7.17. The lowest BCUT2D eigenvalue weighted by molar-refractivity contribution is -0.149. The minimum absolute atomic E-state index is 0.283. The number of amides is 1. The second kappa shape index (κ2) is 11.1. The summed E-state index contributed by atoms with van der Waals surface area (Å²) in [5, 5.41) is 3.13. The van der Waals surface area contributed by atoms with Crippen LogP contribution in [0.15, 0.2) is 24.3 Å². The Kier molecular flexibility index (Phi) is 8.21. The van der Waals surface area contributed by atoms with Crippen LogP contribution in [0.2, 0.25) is 0 Å². The number of hydrogen-bond donors (Lipinski definition) is 1. The fraction of sp³-hybridized carbons (Fsp3) is 0.417. The van der Waals surface area contributed by atoms with Gasteiger partial charge in [-0.3, -0.25) is 9.59 Å². The predicted molar refractivity (Wildman–Crippen MR) is 123 cm³/mol. The van der Waals surface area contributed by atoms with Gasteiger partial charge >= 0.3 is 11.9 Å². The number of aldehydes is 1. The minimum Gasteiger partial charge on any atom is -0.482 e. The Morgan fingerprint density at radius 1 is 1.18 bits per heavy atom. The van der Waals surface area contributed by atoms with Gasteiger partial charge in [0.05, 0.1) is 11.7 Å². The molecule has 2 aromatic rings. The molecule has 1 atom stereocenters. The van der Waals surface area contributed by atoms with Gasteiger partial charge in [-0.05, 0) is 68.9 Å². The fourth-order valence-electron chi connectivity index (χ4n) is 3.46. The standard InChI is InChI=1S/C24H27NO7S/c1-14(2)32-24(29)22-18-9-4-15(3)10-19(18)33-23(22)25-20(27)12-31-21(28)13-30-17-7-5-16(11-26)6-8-17/h5-8,11,14-15H,4,9-10,12-13H2,1-3H3,(H,25,27). The molecule has 0 aliphatic heterocycles. The number of nitrogens with one attached hydrogen (secondary N) is 1. The summed E-state index contributed by atoms with van der Waals surface area (Å²) < 4.78 is 15.7. The number of thiophene rings is 1. The van der Waals surface area contributed by atoms with Crippen LogP contribution in [0.1, 0.15) is 58.3 Å². The first kappa shape index (κ1) is 24.4. The van der Waals surface area contributed by atoms with Crippen molar-refractivity contribution in [3.63, 3.8) is 0 Å². The molecule has 0 spiro atoms. The van der Waals surface area contributed by atoms with Crippen LogP contribution < -0.4 is 10.1 Å². The summed E-state index contributed by atoms with van der Waals surface area (Å²) in [6, 6.07) is 6.23. The third kappa shape index (κ3) is 6.64. The van der Waals surface area contributed by atoms with E-state index in [2.05, 4.69) is 12.2 Å². The van der Waals surface area contributed by atoms with E-state index in [0.717, 1.165) is 29.7 Å². The van der Waals surface area contributed by atoms with E-state index in [0.29, 0.717) is 34.1 Å². The number of anilines is 1. The Hall–Kier alpha value is -3.20. The van der Waals surface area contributed by atoms with Crippen molar-refractivity contribution in [3.8, 4) is 5.75 Å². The number of benzene rings is 1. The second-order valence-electron chi connectivity index (χ2n) is 8.19. The second-order valence-corrected chi connectivity index (χ2v) is 9.30. The summed E-state index contributed by atoms with van der Waals surface area (Å²) in [5.74, 6) is -0.830. The molecule has 1 aliphatic carbocycles. The molecule has 9 heteroatoms. The smallest absolute Gasteiger partial charge is 0.344 e. The Morgan fingerprint density at radius 2 is 1.91 bits per heavy atom. The molecule has 1 aromatic heterocycles. The number of esters is 2. The SMILES string of the molecule is CC1CCc2c(sc(NC(=O)COC(=O)COc3ccc(C=O)cc3)c2C(=O)OC(C)C)C1. The third-order valence-electron chi connectivity index (χ3n) is 5.05. The van der Waals surface area contributed by atoms with Crippen molar-refractivity contribution in [2.24, 2.45) is 5.92 Å². The van der Waals surface area contributed by atoms with Crippen LogP contribution in [-0.2, 0) is 31.9 Å². The van der Waals surface area contributed by atoms with Crippen LogP contribution in [0.4, 0.5) is 5.00 Å². The molecule has 1 heterocycles. The summed E-state index contributed by atoms with van der Waals surface area (Å²) in [6.45, 7) is 4.81. The van der Waals surface area contributed by atoms with E-state index in [1.54, 1.807) is 38.1 Å². The molecule has 8 nitrogen and oxygen atoms in total. The van der Waals surface area contributed by atoms with Gasteiger partial charge in [-0.25, -0.2) is 9.59 Å². The molecule has 1 unspecified atom stereocenters. The molecule has 1 amide bonds. The van der Waals surface area contributed by atoms with E-state index in [-0.39, 0.29) is 12.7 Å². The van der Waals surface area contributed by atoms with Crippen molar-refractivity contribution in [3.05, 3.63) is 45.8 Å². The van der Waals surface area contributed by atoms with Gasteiger partial charge in [-0.2, -0.15) is 0 Å². The van der Waals surface area contributed by atoms with Crippen molar-refractivity contribution < 1.29 is 33.4 Å².